The monoisotopic (exact) mass is 302 g/mol. The summed E-state index contributed by atoms with van der Waals surface area (Å²) in [5.74, 6) is 6.24. The molecule has 7 heteroatoms. The summed E-state index contributed by atoms with van der Waals surface area (Å²) in [5, 5.41) is 5.39. The molecule has 2 aromatic rings. The Kier molecular flexibility index (Phi) is 4.52. The van der Waals surface area contributed by atoms with E-state index in [-0.39, 0.29) is 6.04 Å². The van der Waals surface area contributed by atoms with Gasteiger partial charge in [-0.05, 0) is 30.2 Å². The van der Waals surface area contributed by atoms with Crippen molar-refractivity contribution in [3.8, 4) is 0 Å². The van der Waals surface area contributed by atoms with Crippen molar-refractivity contribution in [1.29, 1.82) is 0 Å². The van der Waals surface area contributed by atoms with Gasteiger partial charge in [0.1, 0.15) is 5.76 Å². The SMILES string of the molecule is CCc1nn(C)c(CC(NN)c2ccc(Cl)o2)c1Cl. The predicted molar refractivity (Wildman–Crippen MR) is 75.1 cm³/mol. The molecule has 0 amide bonds. The zero-order valence-electron chi connectivity index (χ0n) is 10.8. The lowest BCUT2D eigenvalue weighted by atomic mass is 10.1. The third-order valence-corrected chi connectivity index (χ3v) is 3.68. The van der Waals surface area contributed by atoms with E-state index in [2.05, 4.69) is 10.5 Å². The number of furan rings is 1. The smallest absolute Gasteiger partial charge is 0.193 e. The minimum absolute atomic E-state index is 0.204. The molecule has 0 aliphatic heterocycles. The average Bonchev–Trinajstić information content (AvgIpc) is 2.92. The van der Waals surface area contributed by atoms with E-state index in [4.69, 9.17) is 33.5 Å². The molecular formula is C12H16Cl2N4O. The molecule has 104 valence electrons. The van der Waals surface area contributed by atoms with E-state index in [1.54, 1.807) is 16.8 Å². The number of nitrogens with zero attached hydrogens (tertiary/aromatic N) is 2. The summed E-state index contributed by atoms with van der Waals surface area (Å²) >= 11 is 12.1. The topological polar surface area (TPSA) is 69.0 Å². The van der Waals surface area contributed by atoms with Crippen LogP contribution in [0.25, 0.3) is 0 Å². The number of nitrogens with one attached hydrogen (secondary N) is 1. The molecule has 2 aromatic heterocycles. The van der Waals surface area contributed by atoms with Crippen LogP contribution < -0.4 is 11.3 Å². The van der Waals surface area contributed by atoms with Gasteiger partial charge in [0.05, 0.1) is 22.5 Å². The van der Waals surface area contributed by atoms with Crippen LogP contribution in [0.15, 0.2) is 16.5 Å². The lowest BCUT2D eigenvalue weighted by molar-refractivity contribution is 0.411. The number of hydrazine groups is 1. The number of rotatable bonds is 5. The Morgan fingerprint density at radius 3 is 2.68 bits per heavy atom. The third kappa shape index (κ3) is 2.95. The number of aryl methyl sites for hydroxylation is 2. The highest BCUT2D eigenvalue weighted by Gasteiger charge is 2.20. The van der Waals surface area contributed by atoms with Gasteiger partial charge in [0.15, 0.2) is 5.22 Å². The molecule has 0 saturated carbocycles. The largest absolute Gasteiger partial charge is 0.448 e. The maximum atomic E-state index is 6.31. The Labute approximate surface area is 121 Å². The van der Waals surface area contributed by atoms with E-state index in [0.717, 1.165) is 17.8 Å². The first kappa shape index (κ1) is 14.4. The van der Waals surface area contributed by atoms with Gasteiger partial charge in [-0.3, -0.25) is 10.5 Å². The number of halogens is 2. The molecule has 2 rings (SSSR count). The summed E-state index contributed by atoms with van der Waals surface area (Å²) in [5.41, 5.74) is 4.50. The van der Waals surface area contributed by atoms with Crippen LogP contribution in [-0.2, 0) is 19.9 Å². The summed E-state index contributed by atoms with van der Waals surface area (Å²) < 4.78 is 7.15. The van der Waals surface area contributed by atoms with Gasteiger partial charge in [-0.25, -0.2) is 5.43 Å². The van der Waals surface area contributed by atoms with Gasteiger partial charge in [0.2, 0.25) is 0 Å². The lowest BCUT2D eigenvalue weighted by Crippen LogP contribution is -2.29. The Balaban J connectivity index is 2.26. The van der Waals surface area contributed by atoms with Gasteiger partial charge >= 0.3 is 0 Å². The minimum Gasteiger partial charge on any atom is -0.448 e. The molecule has 0 aromatic carbocycles. The summed E-state index contributed by atoms with van der Waals surface area (Å²) in [6.07, 6.45) is 1.36. The van der Waals surface area contributed by atoms with E-state index >= 15 is 0 Å². The molecule has 0 bridgehead atoms. The summed E-state index contributed by atoms with van der Waals surface area (Å²) in [6.45, 7) is 2.02. The molecule has 0 saturated heterocycles. The van der Waals surface area contributed by atoms with Crippen LogP contribution in [0.4, 0.5) is 0 Å². The van der Waals surface area contributed by atoms with Gasteiger partial charge in [0, 0.05) is 13.5 Å². The average molecular weight is 303 g/mol. The fourth-order valence-electron chi connectivity index (χ4n) is 1.99. The van der Waals surface area contributed by atoms with Gasteiger partial charge in [-0.2, -0.15) is 5.10 Å². The van der Waals surface area contributed by atoms with Crippen molar-refractivity contribution in [2.45, 2.75) is 25.8 Å². The maximum Gasteiger partial charge on any atom is 0.193 e. The minimum atomic E-state index is -0.204. The fourth-order valence-corrected chi connectivity index (χ4v) is 2.52. The number of hydrogen-bond donors (Lipinski definition) is 2. The molecule has 19 heavy (non-hydrogen) atoms. The third-order valence-electron chi connectivity index (χ3n) is 3.04. The highest BCUT2D eigenvalue weighted by atomic mass is 35.5. The summed E-state index contributed by atoms with van der Waals surface area (Å²) in [4.78, 5) is 0. The van der Waals surface area contributed by atoms with Crippen LogP contribution in [0.2, 0.25) is 10.2 Å². The van der Waals surface area contributed by atoms with Gasteiger partial charge in [-0.1, -0.05) is 18.5 Å². The molecule has 1 unspecified atom stereocenters. The molecule has 3 N–H and O–H groups in total. The summed E-state index contributed by atoms with van der Waals surface area (Å²) in [7, 11) is 1.86. The highest BCUT2D eigenvalue weighted by molar-refractivity contribution is 6.31. The van der Waals surface area contributed by atoms with E-state index in [1.807, 2.05) is 14.0 Å². The lowest BCUT2D eigenvalue weighted by Gasteiger charge is -2.13. The Hall–Kier alpha value is -1.01. The molecule has 0 aliphatic rings. The van der Waals surface area contributed by atoms with Gasteiger partial charge in [-0.15, -0.1) is 0 Å². The second kappa shape index (κ2) is 5.96. The van der Waals surface area contributed by atoms with Crippen LogP contribution in [0.5, 0.6) is 0 Å². The highest BCUT2D eigenvalue weighted by Crippen LogP contribution is 2.27. The first-order valence-corrected chi connectivity index (χ1v) is 6.74. The normalized spacial score (nSPS) is 12.9. The van der Waals surface area contributed by atoms with Crippen molar-refractivity contribution in [3.63, 3.8) is 0 Å². The van der Waals surface area contributed by atoms with E-state index < -0.39 is 0 Å². The van der Waals surface area contributed by atoms with E-state index in [1.165, 1.54) is 0 Å². The maximum absolute atomic E-state index is 6.31. The Morgan fingerprint density at radius 2 is 2.21 bits per heavy atom. The van der Waals surface area contributed by atoms with Crippen LogP contribution >= 0.6 is 23.2 Å². The molecule has 5 nitrogen and oxygen atoms in total. The van der Waals surface area contributed by atoms with E-state index in [0.29, 0.717) is 22.4 Å². The Morgan fingerprint density at radius 1 is 1.47 bits per heavy atom. The van der Waals surface area contributed by atoms with E-state index in [9.17, 15) is 0 Å². The van der Waals surface area contributed by atoms with Crippen LogP contribution in [0, 0.1) is 0 Å². The van der Waals surface area contributed by atoms with Crippen LogP contribution in [0.3, 0.4) is 0 Å². The first-order chi connectivity index (χ1) is 9.06. The molecule has 0 spiro atoms. The molecule has 1 atom stereocenters. The Bertz CT molecular complexity index is 564. The predicted octanol–water partition coefficient (Wildman–Crippen LogP) is 2.63. The number of aromatic nitrogens is 2. The zero-order chi connectivity index (χ0) is 14.0. The second-order valence-electron chi connectivity index (χ2n) is 4.25. The van der Waals surface area contributed by atoms with Crippen LogP contribution in [-0.4, -0.2) is 9.78 Å². The molecule has 2 heterocycles. The summed E-state index contributed by atoms with van der Waals surface area (Å²) in [6, 6.07) is 3.27. The van der Waals surface area contributed by atoms with Crippen molar-refractivity contribution in [1.82, 2.24) is 15.2 Å². The van der Waals surface area contributed by atoms with Crippen molar-refractivity contribution in [2.75, 3.05) is 0 Å². The second-order valence-corrected chi connectivity index (χ2v) is 5.00. The van der Waals surface area contributed by atoms with Gasteiger partial charge in [0.25, 0.3) is 0 Å². The number of hydrogen-bond acceptors (Lipinski definition) is 4. The molecule has 0 radical (unpaired) electrons. The van der Waals surface area contributed by atoms with Crippen molar-refractivity contribution >= 4 is 23.2 Å². The molecular weight excluding hydrogens is 287 g/mol. The van der Waals surface area contributed by atoms with Crippen molar-refractivity contribution < 1.29 is 4.42 Å². The zero-order valence-corrected chi connectivity index (χ0v) is 12.3. The molecule has 0 fully saturated rings. The molecule has 0 aliphatic carbocycles. The quantitative estimate of drug-likeness (QED) is 0.658. The standard InChI is InChI=1S/C12H16Cl2N4O/c1-3-7-12(14)9(18(2)17-7)6-8(16-15)10-4-5-11(13)19-10/h4-5,8,16H,3,6,15H2,1-2H3. The van der Waals surface area contributed by atoms with Gasteiger partial charge < -0.3 is 4.42 Å². The fraction of sp³-hybridized carbons (Fsp3) is 0.417. The number of nitrogens with two attached hydrogens (primary N) is 1. The van der Waals surface area contributed by atoms with Crippen molar-refractivity contribution in [2.24, 2.45) is 12.9 Å². The first-order valence-electron chi connectivity index (χ1n) is 5.98. The van der Waals surface area contributed by atoms with Crippen molar-refractivity contribution in [3.05, 3.63) is 39.5 Å². The van der Waals surface area contributed by atoms with Crippen LogP contribution in [0.1, 0.15) is 30.1 Å².